The van der Waals surface area contributed by atoms with E-state index in [0.29, 0.717) is 6.42 Å². The number of hydrogen-bond donors (Lipinski definition) is 1. The molecule has 2 aliphatic rings. The molecule has 0 saturated carbocycles. The van der Waals surface area contributed by atoms with E-state index in [4.69, 9.17) is 0 Å². The molecule has 5 heteroatoms. The fraction of sp³-hybridized carbons (Fsp3) is 0.478. The van der Waals surface area contributed by atoms with Crippen molar-refractivity contribution < 1.29 is 9.59 Å². The van der Waals surface area contributed by atoms with Gasteiger partial charge in [-0.2, -0.15) is 0 Å². The van der Waals surface area contributed by atoms with Crippen LogP contribution in [-0.4, -0.2) is 47.0 Å². The van der Waals surface area contributed by atoms with Crippen molar-refractivity contribution in [1.82, 2.24) is 14.8 Å². The maximum atomic E-state index is 12.8. The Morgan fingerprint density at radius 1 is 1.29 bits per heavy atom. The second kappa shape index (κ2) is 7.21. The number of likely N-dealkylation sites (N-methyl/N-ethyl adjacent to an activating group) is 1. The summed E-state index contributed by atoms with van der Waals surface area (Å²) in [5, 5.41) is 4.30. The fourth-order valence-corrected chi connectivity index (χ4v) is 4.55. The number of benzene rings is 1. The predicted molar refractivity (Wildman–Crippen MR) is 112 cm³/mol. The van der Waals surface area contributed by atoms with Crippen molar-refractivity contribution in [3.63, 3.8) is 0 Å². The van der Waals surface area contributed by atoms with Gasteiger partial charge >= 0.3 is 0 Å². The van der Waals surface area contributed by atoms with E-state index in [2.05, 4.69) is 36.3 Å². The SMILES string of the molecule is CCC(=O)n1cc2c3c(cccc31)C1=C[C@@H](C(=O)NC(C)CC)CN(C)C1C2. The zero-order valence-electron chi connectivity index (χ0n) is 17.2. The number of nitrogens with one attached hydrogen (secondary N) is 1. The molecule has 1 aromatic carbocycles. The minimum Gasteiger partial charge on any atom is -0.353 e. The number of aromatic nitrogens is 1. The largest absolute Gasteiger partial charge is 0.353 e. The van der Waals surface area contributed by atoms with E-state index < -0.39 is 0 Å². The summed E-state index contributed by atoms with van der Waals surface area (Å²) >= 11 is 0. The van der Waals surface area contributed by atoms with Gasteiger partial charge in [-0.05, 0) is 49.6 Å². The summed E-state index contributed by atoms with van der Waals surface area (Å²) in [5.74, 6) is 0.0664. The Bertz CT molecular complexity index is 972. The molecule has 3 atom stereocenters. The molecule has 0 spiro atoms. The molecule has 0 fully saturated rings. The number of carbonyl (C=O) groups is 2. The Morgan fingerprint density at radius 2 is 2.07 bits per heavy atom. The van der Waals surface area contributed by atoms with Gasteiger partial charge < -0.3 is 5.32 Å². The molecule has 5 nitrogen and oxygen atoms in total. The summed E-state index contributed by atoms with van der Waals surface area (Å²) < 4.78 is 1.80. The Balaban J connectivity index is 1.79. The number of hydrogen-bond acceptors (Lipinski definition) is 3. The van der Waals surface area contributed by atoms with E-state index in [9.17, 15) is 9.59 Å². The van der Waals surface area contributed by atoms with Crippen LogP contribution in [0.4, 0.5) is 0 Å². The van der Waals surface area contributed by atoms with Gasteiger partial charge in [0.1, 0.15) is 0 Å². The van der Waals surface area contributed by atoms with E-state index in [1.54, 1.807) is 4.57 Å². The molecular formula is C23H29N3O2. The van der Waals surface area contributed by atoms with Crippen molar-refractivity contribution >= 4 is 28.3 Å². The number of amides is 1. The van der Waals surface area contributed by atoms with Crippen molar-refractivity contribution in [3.05, 3.63) is 41.6 Å². The van der Waals surface area contributed by atoms with Crippen LogP contribution in [0.5, 0.6) is 0 Å². The minimum absolute atomic E-state index is 0.101. The van der Waals surface area contributed by atoms with Gasteiger partial charge in [-0.1, -0.05) is 32.1 Å². The fourth-order valence-electron chi connectivity index (χ4n) is 4.55. The average molecular weight is 380 g/mol. The predicted octanol–water partition coefficient (Wildman–Crippen LogP) is 3.48. The summed E-state index contributed by atoms with van der Waals surface area (Å²) in [6.07, 6.45) is 6.47. The molecule has 2 unspecified atom stereocenters. The van der Waals surface area contributed by atoms with Crippen molar-refractivity contribution in [2.75, 3.05) is 13.6 Å². The van der Waals surface area contributed by atoms with Crippen LogP contribution in [0, 0.1) is 5.92 Å². The average Bonchev–Trinajstić information content (AvgIpc) is 3.07. The van der Waals surface area contributed by atoms with E-state index >= 15 is 0 Å². The maximum Gasteiger partial charge on any atom is 0.230 e. The number of carbonyl (C=O) groups excluding carboxylic acids is 2. The van der Waals surface area contributed by atoms with Crippen LogP contribution in [0.2, 0.25) is 0 Å². The van der Waals surface area contributed by atoms with Gasteiger partial charge in [0.15, 0.2) is 0 Å². The second-order valence-corrected chi connectivity index (χ2v) is 8.18. The van der Waals surface area contributed by atoms with Crippen LogP contribution in [0.15, 0.2) is 30.5 Å². The van der Waals surface area contributed by atoms with Gasteiger partial charge in [0.2, 0.25) is 11.8 Å². The van der Waals surface area contributed by atoms with Crippen LogP contribution in [0.3, 0.4) is 0 Å². The highest BCUT2D eigenvalue weighted by Crippen LogP contribution is 2.41. The van der Waals surface area contributed by atoms with Gasteiger partial charge in [0.05, 0.1) is 11.4 Å². The van der Waals surface area contributed by atoms with Crippen LogP contribution in [0.1, 0.15) is 49.5 Å². The van der Waals surface area contributed by atoms with E-state index in [0.717, 1.165) is 24.9 Å². The standard InChI is InChI=1S/C23H29N3O2/c1-5-14(3)24-23(28)16-10-18-17-8-7-9-19-22(17)15(11-20(18)25(4)12-16)13-26(19)21(27)6-2/h7-10,13-14,16,20H,5-6,11-12H2,1-4H3,(H,24,28)/t14?,16-,20?/m1/s1. The molecule has 0 saturated heterocycles. The highest BCUT2D eigenvalue weighted by Gasteiger charge is 2.36. The molecular weight excluding hydrogens is 350 g/mol. The van der Waals surface area contributed by atoms with Gasteiger partial charge in [-0.25, -0.2) is 0 Å². The Labute approximate surface area is 166 Å². The molecule has 1 amide bonds. The quantitative estimate of drug-likeness (QED) is 0.885. The lowest BCUT2D eigenvalue weighted by molar-refractivity contribution is -0.124. The first-order chi connectivity index (χ1) is 13.4. The summed E-state index contributed by atoms with van der Waals surface area (Å²) in [4.78, 5) is 27.5. The Morgan fingerprint density at radius 3 is 2.79 bits per heavy atom. The van der Waals surface area contributed by atoms with E-state index in [1.807, 2.05) is 32.2 Å². The zero-order chi connectivity index (χ0) is 20.0. The van der Waals surface area contributed by atoms with Gasteiger partial charge in [-0.3, -0.25) is 19.1 Å². The van der Waals surface area contributed by atoms with Gasteiger partial charge in [-0.15, -0.1) is 0 Å². The lowest BCUT2D eigenvalue weighted by atomic mass is 9.80. The van der Waals surface area contributed by atoms with Gasteiger partial charge in [0, 0.05) is 36.6 Å². The maximum absolute atomic E-state index is 12.8. The van der Waals surface area contributed by atoms with Crippen LogP contribution >= 0.6 is 0 Å². The molecule has 2 aromatic rings. The molecule has 1 aliphatic carbocycles. The normalized spacial score (nSPS) is 22.5. The lowest BCUT2D eigenvalue weighted by Gasteiger charge is -2.39. The summed E-state index contributed by atoms with van der Waals surface area (Å²) in [6.45, 7) is 6.74. The first-order valence-electron chi connectivity index (χ1n) is 10.3. The van der Waals surface area contributed by atoms with Crippen LogP contribution in [-0.2, 0) is 11.2 Å². The smallest absolute Gasteiger partial charge is 0.230 e. The molecule has 148 valence electrons. The molecule has 4 rings (SSSR count). The zero-order valence-corrected chi connectivity index (χ0v) is 17.2. The molecule has 2 heterocycles. The van der Waals surface area contributed by atoms with Crippen molar-refractivity contribution in [2.45, 2.75) is 52.1 Å². The third-order valence-electron chi connectivity index (χ3n) is 6.30. The number of fused-ring (bicyclic) bond motifs is 2. The van der Waals surface area contributed by atoms with Crippen LogP contribution < -0.4 is 5.32 Å². The van der Waals surface area contributed by atoms with Crippen molar-refractivity contribution in [3.8, 4) is 0 Å². The summed E-state index contributed by atoms with van der Waals surface area (Å²) in [6, 6.07) is 6.61. The second-order valence-electron chi connectivity index (χ2n) is 8.18. The van der Waals surface area contributed by atoms with Crippen LogP contribution in [0.25, 0.3) is 16.5 Å². The highest BCUT2D eigenvalue weighted by atomic mass is 16.2. The molecule has 1 N–H and O–H groups in total. The third-order valence-corrected chi connectivity index (χ3v) is 6.30. The molecule has 1 aliphatic heterocycles. The monoisotopic (exact) mass is 379 g/mol. The summed E-state index contributed by atoms with van der Waals surface area (Å²) in [7, 11) is 2.10. The number of nitrogens with zero attached hydrogens (tertiary/aromatic N) is 2. The van der Waals surface area contributed by atoms with Crippen molar-refractivity contribution in [1.29, 1.82) is 0 Å². The Hall–Kier alpha value is -2.40. The molecule has 0 bridgehead atoms. The van der Waals surface area contributed by atoms with Gasteiger partial charge in [0.25, 0.3) is 0 Å². The summed E-state index contributed by atoms with van der Waals surface area (Å²) in [5.41, 5.74) is 4.59. The third kappa shape index (κ3) is 2.98. The molecule has 1 aromatic heterocycles. The first kappa shape index (κ1) is 18.9. The van der Waals surface area contributed by atoms with E-state index in [-0.39, 0.29) is 29.8 Å². The minimum atomic E-state index is -0.151. The first-order valence-corrected chi connectivity index (χ1v) is 10.3. The van der Waals surface area contributed by atoms with Crippen molar-refractivity contribution in [2.24, 2.45) is 5.92 Å². The molecule has 28 heavy (non-hydrogen) atoms. The molecule has 0 radical (unpaired) electrons. The Kier molecular flexibility index (Phi) is 4.88. The van der Waals surface area contributed by atoms with E-state index in [1.165, 1.54) is 22.1 Å². The topological polar surface area (TPSA) is 54.3 Å². The highest BCUT2D eigenvalue weighted by molar-refractivity contribution is 6.03. The lowest BCUT2D eigenvalue weighted by Crippen LogP contribution is -2.47. The number of rotatable bonds is 4.